The molecule has 0 radical (unpaired) electrons. The van der Waals surface area contributed by atoms with E-state index in [0.717, 1.165) is 62.5 Å². The van der Waals surface area contributed by atoms with Crippen molar-refractivity contribution in [1.82, 2.24) is 19.6 Å². The lowest BCUT2D eigenvalue weighted by Gasteiger charge is -2.56. The van der Waals surface area contributed by atoms with Crippen LogP contribution in [0.1, 0.15) is 125 Å². The molecule has 4 N–H and O–H groups in total. The molecule has 6 heterocycles. The van der Waals surface area contributed by atoms with E-state index in [-0.39, 0.29) is 35.6 Å². The fourth-order valence-electron chi connectivity index (χ4n) is 12.6. The van der Waals surface area contributed by atoms with Crippen LogP contribution in [0.25, 0.3) is 11.0 Å². The van der Waals surface area contributed by atoms with E-state index >= 15 is 0 Å². The molecule has 1 amide bonds. The second kappa shape index (κ2) is 18.0. The first-order valence-electron chi connectivity index (χ1n) is 25.3. The number of fused-ring (bicyclic) bond motifs is 3. The molecule has 17 heteroatoms. The number of sulfonamides is 1. The summed E-state index contributed by atoms with van der Waals surface area (Å²) in [5, 5.41) is 27.1. The molecule has 5 aromatic rings. The molecule has 0 bridgehead atoms. The van der Waals surface area contributed by atoms with Crippen molar-refractivity contribution in [1.29, 1.82) is 0 Å². The Bertz CT molecular complexity index is 2930. The molecule has 2 aromatic heterocycles. The molecule has 2 atom stereocenters. The predicted octanol–water partition coefficient (Wildman–Crippen LogP) is 9.33. The molecule has 370 valence electrons. The molecule has 11 rings (SSSR count). The van der Waals surface area contributed by atoms with Crippen LogP contribution in [-0.2, 0) is 10.0 Å². The van der Waals surface area contributed by atoms with E-state index in [4.69, 9.17) is 14.5 Å². The van der Waals surface area contributed by atoms with Crippen LogP contribution in [0.3, 0.4) is 0 Å². The Labute approximate surface area is 409 Å². The number of H-pyrrole nitrogens is 1. The topological polar surface area (TPSA) is 195 Å². The zero-order valence-corrected chi connectivity index (χ0v) is 41.1. The minimum atomic E-state index is -4.67. The molecule has 2 saturated heterocycles. The van der Waals surface area contributed by atoms with Crippen LogP contribution in [0.4, 0.5) is 28.4 Å². The third-order valence-electron chi connectivity index (χ3n) is 16.5. The minimum Gasteiger partial charge on any atom is -0.489 e. The summed E-state index contributed by atoms with van der Waals surface area (Å²) in [6.07, 6.45) is 12.0. The number of aromatic nitrogens is 2. The van der Waals surface area contributed by atoms with Crippen LogP contribution in [0.5, 0.6) is 11.6 Å². The Kier molecular flexibility index (Phi) is 12.0. The van der Waals surface area contributed by atoms with Gasteiger partial charge in [-0.1, -0.05) is 38.1 Å². The Balaban J connectivity index is 0.849. The lowest BCUT2D eigenvalue weighted by molar-refractivity contribution is -0.384. The van der Waals surface area contributed by atoms with E-state index in [1.807, 2.05) is 42.3 Å². The number of aliphatic hydroxyl groups is 1. The maximum Gasteiger partial charge on any atom is 0.297 e. The number of ether oxygens (including phenoxy) is 2. The van der Waals surface area contributed by atoms with E-state index in [1.54, 1.807) is 6.07 Å². The molecule has 1 spiro atoms. The van der Waals surface area contributed by atoms with Gasteiger partial charge in [-0.05, 0) is 143 Å². The van der Waals surface area contributed by atoms with Gasteiger partial charge >= 0.3 is 0 Å². The summed E-state index contributed by atoms with van der Waals surface area (Å²) in [5.41, 5.74) is 4.99. The third-order valence-corrected chi connectivity index (χ3v) is 17.8. The molecule has 2 saturated carbocycles. The quantitative estimate of drug-likeness (QED) is 0.0764. The fourth-order valence-corrected chi connectivity index (χ4v) is 13.6. The summed E-state index contributed by atoms with van der Waals surface area (Å²) in [4.78, 5) is 41.1. The number of aromatic amines is 1. The van der Waals surface area contributed by atoms with Gasteiger partial charge in [0.25, 0.3) is 21.6 Å². The number of pyridine rings is 1. The van der Waals surface area contributed by atoms with E-state index in [1.165, 1.54) is 42.9 Å². The number of likely N-dealkylation sites (tertiary alicyclic amines) is 1. The van der Waals surface area contributed by atoms with Crippen molar-refractivity contribution in [2.45, 2.75) is 126 Å². The molecule has 0 unspecified atom stereocenters. The maximum absolute atomic E-state index is 14.6. The van der Waals surface area contributed by atoms with E-state index < -0.39 is 37.0 Å². The number of nitro benzene ring substituents is 1. The van der Waals surface area contributed by atoms with Gasteiger partial charge in [0.2, 0.25) is 5.88 Å². The average molecular weight is 973 g/mol. The first-order chi connectivity index (χ1) is 33.6. The average Bonchev–Trinajstić information content (AvgIpc) is 3.97. The van der Waals surface area contributed by atoms with Gasteiger partial charge in [0.05, 0.1) is 39.3 Å². The number of carbonyl (C=O) groups excluding carboxylic acids is 1. The highest BCUT2D eigenvalue weighted by molar-refractivity contribution is 7.90. The number of nitro groups is 1. The summed E-state index contributed by atoms with van der Waals surface area (Å²) in [7, 11) is -4.67. The largest absolute Gasteiger partial charge is 0.489 e. The zero-order valence-electron chi connectivity index (χ0n) is 40.3. The SMILES string of the molecule is CC(C)c1ccccc1[C@@H]1CCCN1C1CC2(CCN(c3ccc(C(=O)NS(=O)(=O)c4cc5c(c([N+](=O)[O-])c4)N[C@H](C4CCC(C)(O)CC4)CO5)c(N4CCCOc5nc6[nH]ccc6cc54)c3)CC2)C1. The Hall–Kier alpha value is -5.91. The van der Waals surface area contributed by atoms with Crippen molar-refractivity contribution in [3.05, 3.63) is 99.7 Å². The summed E-state index contributed by atoms with van der Waals surface area (Å²) < 4.78 is 42.9. The summed E-state index contributed by atoms with van der Waals surface area (Å²) in [6.45, 7) is 10.3. The van der Waals surface area contributed by atoms with E-state index in [9.17, 15) is 28.4 Å². The van der Waals surface area contributed by atoms with Crippen molar-refractivity contribution in [2.75, 3.05) is 54.5 Å². The van der Waals surface area contributed by atoms with Crippen LogP contribution in [-0.4, -0.2) is 96.3 Å². The van der Waals surface area contributed by atoms with Gasteiger partial charge < -0.3 is 34.7 Å². The highest BCUT2D eigenvalue weighted by atomic mass is 32.2. The van der Waals surface area contributed by atoms with Gasteiger partial charge in [0.1, 0.15) is 17.9 Å². The molecule has 4 fully saturated rings. The number of hydrogen-bond acceptors (Lipinski definition) is 13. The highest BCUT2D eigenvalue weighted by Crippen LogP contribution is 2.55. The van der Waals surface area contributed by atoms with Gasteiger partial charge in [0.15, 0.2) is 11.4 Å². The van der Waals surface area contributed by atoms with Gasteiger partial charge in [-0.2, -0.15) is 4.98 Å². The smallest absolute Gasteiger partial charge is 0.297 e. The van der Waals surface area contributed by atoms with Crippen molar-refractivity contribution in [3.63, 3.8) is 0 Å². The second-order valence-electron chi connectivity index (χ2n) is 21.4. The lowest BCUT2D eigenvalue weighted by atomic mass is 9.59. The standard InChI is InChI=1S/C53H64N8O8S/c1-33(2)39-8-4-5-9-40(39)43-10-6-21-59(43)37-30-53(31-37)18-23-58(24-19-53)36-11-12-41(44(27-36)60-22-7-25-68-51-46(60)26-35-15-20-54-49(35)56-51)50(62)57-70(66,67)38-28-45(61(64)65)48-47(29-38)69-32-42(55-48)34-13-16-52(3,63)17-14-34/h4-5,8-9,11-12,15,20,26-29,33-34,37,42-43,55,63H,6-7,10,13-14,16-19,21-25,30-32H2,1-3H3,(H,54,56)(H,57,62)/t34?,42-,43-,52?/m0/s1. The molecular formula is C53H64N8O8S. The Morgan fingerprint density at radius 2 is 1.73 bits per heavy atom. The van der Waals surface area contributed by atoms with Crippen LogP contribution in [0.15, 0.2) is 77.8 Å². The lowest BCUT2D eigenvalue weighted by Crippen LogP contribution is -2.55. The number of amides is 1. The number of hydrogen-bond donors (Lipinski definition) is 4. The molecule has 4 aliphatic heterocycles. The van der Waals surface area contributed by atoms with E-state index in [2.05, 4.69) is 62.9 Å². The summed E-state index contributed by atoms with van der Waals surface area (Å²) >= 11 is 0. The summed E-state index contributed by atoms with van der Waals surface area (Å²) in [5.74, 6) is 0.133. The number of benzene rings is 3. The number of piperidine rings is 1. The van der Waals surface area contributed by atoms with Gasteiger partial charge in [-0.25, -0.2) is 13.1 Å². The Morgan fingerprint density at radius 1 is 0.943 bits per heavy atom. The highest BCUT2D eigenvalue weighted by Gasteiger charge is 2.50. The number of anilines is 4. The molecular weight excluding hydrogens is 909 g/mol. The van der Waals surface area contributed by atoms with Crippen LogP contribution in [0.2, 0.25) is 0 Å². The van der Waals surface area contributed by atoms with Gasteiger partial charge in [-0.15, -0.1) is 0 Å². The minimum absolute atomic E-state index is 0.0178. The van der Waals surface area contributed by atoms with Crippen LogP contribution >= 0.6 is 0 Å². The summed E-state index contributed by atoms with van der Waals surface area (Å²) in [6, 6.07) is 21.5. The first-order valence-corrected chi connectivity index (χ1v) is 26.8. The Morgan fingerprint density at radius 3 is 2.50 bits per heavy atom. The fraction of sp³-hybridized carbons (Fsp3) is 0.509. The predicted molar refractivity (Wildman–Crippen MR) is 269 cm³/mol. The number of rotatable bonds is 10. The normalized spacial score (nSPS) is 24.8. The molecule has 3 aromatic carbocycles. The van der Waals surface area contributed by atoms with Crippen molar-refractivity contribution >= 4 is 55.4 Å². The van der Waals surface area contributed by atoms with Gasteiger partial charge in [-0.3, -0.25) is 19.8 Å². The number of nitrogens with zero attached hydrogens (tertiary/aromatic N) is 5. The third kappa shape index (κ3) is 8.71. The first kappa shape index (κ1) is 46.5. The molecule has 6 aliphatic rings. The van der Waals surface area contributed by atoms with E-state index in [0.29, 0.717) is 78.7 Å². The second-order valence-corrected chi connectivity index (χ2v) is 23.1. The number of nitrogens with one attached hydrogen (secondary N) is 3. The van der Waals surface area contributed by atoms with Gasteiger partial charge in [0, 0.05) is 61.1 Å². The maximum atomic E-state index is 14.6. The van der Waals surface area contributed by atoms with Crippen molar-refractivity contribution in [2.24, 2.45) is 11.3 Å². The van der Waals surface area contributed by atoms with Crippen LogP contribution < -0.4 is 29.3 Å². The molecule has 2 aliphatic carbocycles. The zero-order chi connectivity index (χ0) is 48.5. The van der Waals surface area contributed by atoms with Crippen molar-refractivity contribution in [3.8, 4) is 11.6 Å². The van der Waals surface area contributed by atoms with Crippen LogP contribution in [0, 0.1) is 21.4 Å². The number of carbonyl (C=O) groups is 1. The monoisotopic (exact) mass is 972 g/mol. The molecule has 70 heavy (non-hydrogen) atoms. The molecule has 16 nitrogen and oxygen atoms in total. The van der Waals surface area contributed by atoms with Crippen molar-refractivity contribution < 1.29 is 32.7 Å².